The Labute approximate surface area is 277 Å². The molecule has 11 nitrogen and oxygen atoms in total. The molecule has 3 fully saturated rings. The Morgan fingerprint density at radius 3 is 2.20 bits per heavy atom. The van der Waals surface area contributed by atoms with E-state index in [1.54, 1.807) is 48.6 Å². The first-order chi connectivity index (χ1) is 21.9. The summed E-state index contributed by atoms with van der Waals surface area (Å²) in [7, 11) is 0. The molecule has 0 aromatic heterocycles. The molecule has 0 saturated carbocycles. The molecule has 46 heavy (non-hydrogen) atoms. The lowest BCUT2D eigenvalue weighted by atomic mass is 10.0. The van der Waals surface area contributed by atoms with E-state index < -0.39 is 72.5 Å². The van der Waals surface area contributed by atoms with Crippen molar-refractivity contribution < 1.29 is 44.3 Å². The number of ether oxygens (including phenoxy) is 2. The van der Waals surface area contributed by atoms with Crippen LogP contribution in [0.15, 0.2) is 108 Å². The van der Waals surface area contributed by atoms with Crippen molar-refractivity contribution in [1.29, 1.82) is 0 Å². The number of hydrogen-bond acceptors (Lipinski definition) is 9. The molecule has 3 aliphatic rings. The molecule has 0 spiro atoms. The number of likely N-dealkylation sites (tertiary alicyclic amines) is 1. The number of aliphatic hydroxyl groups is 4. The molecule has 3 aliphatic heterocycles. The lowest BCUT2D eigenvalue weighted by Crippen LogP contribution is -2.61. The molecular formula is C33H38Cl2N2O9. The highest BCUT2D eigenvalue weighted by Gasteiger charge is 2.53. The second-order valence-electron chi connectivity index (χ2n) is 10.7. The fraction of sp³-hybridized carbons (Fsp3) is 0.364. The maximum Gasteiger partial charge on any atom is 0.264 e. The number of carbonyl (C=O) groups is 3. The highest BCUT2D eigenvalue weighted by atomic mass is 35.5. The third-order valence-electron chi connectivity index (χ3n) is 7.10. The zero-order chi connectivity index (χ0) is 33.8. The van der Waals surface area contributed by atoms with Crippen molar-refractivity contribution in [2.24, 2.45) is 5.73 Å². The quantitative estimate of drug-likeness (QED) is 0.0683. The largest absolute Gasteiger partial charge is 0.507 e. The minimum absolute atomic E-state index is 0.0149. The van der Waals surface area contributed by atoms with E-state index in [9.17, 15) is 34.8 Å². The smallest absolute Gasteiger partial charge is 0.264 e. The lowest BCUT2D eigenvalue weighted by Gasteiger charge is -2.41. The summed E-state index contributed by atoms with van der Waals surface area (Å²) in [6.45, 7) is 1.56. The van der Waals surface area contributed by atoms with Crippen LogP contribution in [-0.2, 0) is 23.9 Å². The van der Waals surface area contributed by atoms with E-state index in [-0.39, 0.29) is 17.6 Å². The maximum absolute atomic E-state index is 13.1. The first-order valence-corrected chi connectivity index (χ1v) is 15.3. The van der Waals surface area contributed by atoms with Crippen LogP contribution in [0.5, 0.6) is 0 Å². The van der Waals surface area contributed by atoms with Gasteiger partial charge in [0.05, 0.1) is 30.6 Å². The number of primary amides is 1. The average molecular weight is 678 g/mol. The molecule has 0 aromatic carbocycles. The van der Waals surface area contributed by atoms with Gasteiger partial charge in [-0.2, -0.15) is 0 Å². The van der Waals surface area contributed by atoms with Crippen LogP contribution in [0.3, 0.4) is 0 Å². The minimum atomic E-state index is -1.78. The summed E-state index contributed by atoms with van der Waals surface area (Å²) in [6, 6.07) is -1.47. The number of alkyl halides is 1. The number of aliphatic hydroxyl groups excluding tert-OH is 4. The van der Waals surface area contributed by atoms with Gasteiger partial charge in [0.2, 0.25) is 5.91 Å². The Morgan fingerprint density at radius 1 is 0.957 bits per heavy atom. The second kappa shape index (κ2) is 18.0. The molecule has 2 amide bonds. The van der Waals surface area contributed by atoms with Crippen molar-refractivity contribution in [3.05, 3.63) is 108 Å². The normalized spacial score (nSPS) is 32.8. The number of nitrogens with two attached hydrogens (primary N) is 1. The van der Waals surface area contributed by atoms with Crippen molar-refractivity contribution >= 4 is 40.8 Å². The van der Waals surface area contributed by atoms with E-state index in [4.69, 9.17) is 38.4 Å². The number of rotatable bonds is 12. The summed E-state index contributed by atoms with van der Waals surface area (Å²) in [5.41, 5.74) is 4.62. The van der Waals surface area contributed by atoms with Gasteiger partial charge in [-0.25, -0.2) is 0 Å². The molecule has 8 unspecified atom stereocenters. The van der Waals surface area contributed by atoms with Crippen molar-refractivity contribution in [3.63, 3.8) is 0 Å². The van der Waals surface area contributed by atoms with Crippen LogP contribution in [0, 0.1) is 0 Å². The van der Waals surface area contributed by atoms with Gasteiger partial charge < -0.3 is 35.6 Å². The number of hydrogen-bond donors (Lipinski definition) is 5. The number of ketones is 1. The van der Waals surface area contributed by atoms with Crippen LogP contribution in [-0.4, -0.2) is 97.7 Å². The van der Waals surface area contributed by atoms with Crippen molar-refractivity contribution in [1.82, 2.24) is 4.90 Å². The summed E-state index contributed by atoms with van der Waals surface area (Å²) in [5, 5.41) is 41.1. The Morgan fingerprint density at radius 2 is 1.57 bits per heavy atom. The molecule has 3 rings (SSSR count). The van der Waals surface area contributed by atoms with Crippen molar-refractivity contribution in [3.8, 4) is 0 Å². The number of nitrogens with zero attached hydrogens (tertiary/aromatic N) is 1. The van der Waals surface area contributed by atoms with Crippen LogP contribution in [0.1, 0.15) is 19.8 Å². The van der Waals surface area contributed by atoms with Gasteiger partial charge in [0, 0.05) is 5.03 Å². The number of allylic oxidation sites excluding steroid dienone is 15. The molecule has 0 radical (unpaired) electrons. The molecule has 248 valence electrons. The monoisotopic (exact) mass is 676 g/mol. The molecule has 0 bridgehead atoms. The predicted molar refractivity (Wildman–Crippen MR) is 173 cm³/mol. The van der Waals surface area contributed by atoms with Crippen LogP contribution in [0.4, 0.5) is 0 Å². The van der Waals surface area contributed by atoms with E-state index in [0.717, 1.165) is 17.4 Å². The van der Waals surface area contributed by atoms with Gasteiger partial charge in [0.15, 0.2) is 12.0 Å². The standard InChI is InChI=1S/C33H38Cl2N2O9/c1-20-17-22(35)26(46-20)16-12-8-7-10-14-21(34)13-9-5-3-2-4-6-11-15-24(38)28-29(41)23(18-27(36)40)37(32(28)44)33-31(43)30(42)25(39)19-45-33/h2-16,20,22-23,25-26,30-31,33,38-39,42-43H,17-19H2,1H3,(H2,36,40)/b3-2+,6-4+,8-7+,9-5+,14-10+,15-11+,16-12+,21-13-,28-24-. The Kier molecular flexibility index (Phi) is 14.4. The van der Waals surface area contributed by atoms with Crippen molar-refractivity contribution in [2.75, 3.05) is 6.61 Å². The summed E-state index contributed by atoms with van der Waals surface area (Å²) in [5.74, 6) is -3.52. The van der Waals surface area contributed by atoms with Gasteiger partial charge in [0.1, 0.15) is 35.7 Å². The van der Waals surface area contributed by atoms with Crippen LogP contribution in [0.25, 0.3) is 0 Å². The van der Waals surface area contributed by atoms with Crippen molar-refractivity contribution in [2.45, 2.75) is 67.9 Å². The van der Waals surface area contributed by atoms with E-state index in [1.165, 1.54) is 12.2 Å². The molecule has 8 atom stereocenters. The van der Waals surface area contributed by atoms with E-state index in [1.807, 2.05) is 31.2 Å². The zero-order valence-electron chi connectivity index (χ0n) is 25.0. The van der Waals surface area contributed by atoms with Gasteiger partial charge >= 0.3 is 0 Å². The van der Waals surface area contributed by atoms with Gasteiger partial charge in [-0.1, -0.05) is 84.5 Å². The van der Waals surface area contributed by atoms with Crippen LogP contribution >= 0.6 is 23.2 Å². The SMILES string of the molecule is CC1CC(Cl)C(/C=C/C=C/C=C/C(Cl)=C/C=C/C=C/C=C/C=C/C(O)=C2\C(=O)C(CC(N)=O)N(C3OCC(O)C(O)C3O)C2=O)O1. The summed E-state index contributed by atoms with van der Waals surface area (Å²) in [4.78, 5) is 38.5. The Balaban J connectivity index is 1.53. The lowest BCUT2D eigenvalue weighted by molar-refractivity contribution is -0.229. The van der Waals surface area contributed by atoms with E-state index >= 15 is 0 Å². The molecule has 3 heterocycles. The van der Waals surface area contributed by atoms with Gasteiger partial charge in [-0.05, 0) is 31.6 Å². The zero-order valence-corrected chi connectivity index (χ0v) is 26.5. The molecular weight excluding hydrogens is 639 g/mol. The highest BCUT2D eigenvalue weighted by Crippen LogP contribution is 2.31. The number of halogens is 2. The van der Waals surface area contributed by atoms with Gasteiger partial charge in [0.25, 0.3) is 5.91 Å². The van der Waals surface area contributed by atoms with Gasteiger partial charge in [-0.15, -0.1) is 11.6 Å². The van der Waals surface area contributed by atoms with Crippen LogP contribution < -0.4 is 5.73 Å². The summed E-state index contributed by atoms with van der Waals surface area (Å²) >= 11 is 12.4. The number of carbonyl (C=O) groups excluding carboxylic acids is 3. The molecule has 6 N–H and O–H groups in total. The van der Waals surface area contributed by atoms with Gasteiger partial charge in [-0.3, -0.25) is 19.3 Å². The third-order valence-corrected chi connectivity index (χ3v) is 7.78. The molecule has 0 aromatic rings. The summed E-state index contributed by atoms with van der Waals surface area (Å²) in [6.07, 6.45) is 19.2. The maximum atomic E-state index is 13.1. The topological polar surface area (TPSA) is 180 Å². The Hall–Kier alpha value is -3.55. The number of Topliss-reactive ketones (excluding diaryl/α,β-unsaturated/α-hetero) is 1. The highest BCUT2D eigenvalue weighted by molar-refractivity contribution is 6.31. The first kappa shape index (κ1) is 36.9. The first-order valence-electron chi connectivity index (χ1n) is 14.5. The third kappa shape index (κ3) is 10.2. The second-order valence-corrected chi connectivity index (χ2v) is 11.6. The Bertz CT molecular complexity index is 1390. The van der Waals surface area contributed by atoms with E-state index in [0.29, 0.717) is 5.03 Å². The average Bonchev–Trinajstić information content (AvgIpc) is 3.45. The fourth-order valence-corrected chi connectivity index (χ4v) is 5.38. The minimum Gasteiger partial charge on any atom is -0.507 e. The van der Waals surface area contributed by atoms with Crippen LogP contribution in [0.2, 0.25) is 0 Å². The predicted octanol–water partition coefficient (Wildman–Crippen LogP) is 2.69. The molecule has 3 saturated heterocycles. The number of amides is 2. The molecule has 0 aliphatic carbocycles. The fourth-order valence-electron chi connectivity index (χ4n) is 4.84. The molecule has 13 heteroatoms. The van der Waals surface area contributed by atoms with E-state index in [2.05, 4.69) is 0 Å². The summed E-state index contributed by atoms with van der Waals surface area (Å²) < 4.78 is 11.0.